The second-order valence-corrected chi connectivity index (χ2v) is 15.3. The average molecular weight is 491 g/mol. The Labute approximate surface area is 189 Å². The third-order valence-corrected chi connectivity index (χ3v) is 11.6. The van der Waals surface area contributed by atoms with Crippen LogP contribution in [0.25, 0.3) is 0 Å². The van der Waals surface area contributed by atoms with Gasteiger partial charge in [-0.3, -0.25) is 4.90 Å². The molecule has 1 aliphatic rings. The summed E-state index contributed by atoms with van der Waals surface area (Å²) in [6.45, 7) is 11.1. The molecule has 1 unspecified atom stereocenters. The van der Waals surface area contributed by atoms with Gasteiger partial charge in [0.1, 0.15) is 0 Å². The topological polar surface area (TPSA) is 49.8 Å². The summed E-state index contributed by atoms with van der Waals surface area (Å²) in [4.78, 5) is 14.1. The van der Waals surface area contributed by atoms with E-state index in [1.807, 2.05) is 42.5 Å². The number of carboxylic acid groups (broad SMARTS) is 1. The van der Waals surface area contributed by atoms with E-state index in [-0.39, 0.29) is 23.2 Å². The van der Waals surface area contributed by atoms with Crippen molar-refractivity contribution in [1.29, 1.82) is 0 Å². The molecule has 162 valence electrons. The van der Waals surface area contributed by atoms with E-state index >= 15 is 0 Å². The quantitative estimate of drug-likeness (QED) is 0.445. The van der Waals surface area contributed by atoms with Crippen molar-refractivity contribution in [3.05, 3.63) is 70.2 Å². The Morgan fingerprint density at radius 3 is 2.23 bits per heavy atom. The summed E-state index contributed by atoms with van der Waals surface area (Å²) in [5.41, 5.74) is 2.08. The summed E-state index contributed by atoms with van der Waals surface area (Å²) in [5.74, 6) is 0. The molecule has 6 heteroatoms. The molecule has 0 saturated carbocycles. The number of benzene rings is 2. The Morgan fingerprint density at radius 1 is 1.10 bits per heavy atom. The van der Waals surface area contributed by atoms with Gasteiger partial charge in [-0.15, -0.1) is 0 Å². The normalized spacial score (nSPS) is 20.9. The van der Waals surface area contributed by atoms with Crippen LogP contribution in [0.2, 0.25) is 18.1 Å². The highest BCUT2D eigenvalue weighted by atomic mass is 79.9. The van der Waals surface area contributed by atoms with E-state index in [0.29, 0.717) is 0 Å². The Kier molecular flexibility index (Phi) is 6.80. The number of hydrogen-bond acceptors (Lipinski definition) is 2. The molecule has 3 rings (SSSR count). The fraction of sp³-hybridized carbons (Fsp3) is 0.458. The number of hydrogen-bond donors (Lipinski definition) is 1. The van der Waals surface area contributed by atoms with E-state index in [1.165, 1.54) is 0 Å². The standard InChI is InChI=1S/C24H32BrNO3Si/c1-24(2,3)30(4,5)29-22(18-9-7-6-8-10-18)21-16-15-20(26(21)23(27)28)17-11-13-19(25)14-12-17/h6-14,20-22H,15-16H2,1-5H3,(H,27,28)/t20-,21+,22?/m0/s1. The molecule has 30 heavy (non-hydrogen) atoms. The van der Waals surface area contributed by atoms with Crippen LogP contribution in [0.5, 0.6) is 0 Å². The summed E-state index contributed by atoms with van der Waals surface area (Å²) in [6, 6.07) is 17.7. The van der Waals surface area contributed by atoms with E-state index in [0.717, 1.165) is 28.4 Å². The first-order valence-electron chi connectivity index (χ1n) is 10.5. The van der Waals surface area contributed by atoms with Crippen LogP contribution in [0, 0.1) is 0 Å². The zero-order valence-corrected chi connectivity index (χ0v) is 21.0. The van der Waals surface area contributed by atoms with Crippen LogP contribution in [0.3, 0.4) is 0 Å². The number of likely N-dealkylation sites (tertiary alicyclic amines) is 1. The van der Waals surface area contributed by atoms with Gasteiger partial charge in [-0.1, -0.05) is 79.2 Å². The Hall–Kier alpha value is -1.63. The van der Waals surface area contributed by atoms with Gasteiger partial charge in [0.05, 0.1) is 18.2 Å². The van der Waals surface area contributed by atoms with Crippen LogP contribution in [0.4, 0.5) is 4.79 Å². The molecular formula is C24H32BrNO3Si. The van der Waals surface area contributed by atoms with Crippen molar-refractivity contribution in [3.8, 4) is 0 Å². The lowest BCUT2D eigenvalue weighted by molar-refractivity contribution is 0.0596. The van der Waals surface area contributed by atoms with E-state index in [4.69, 9.17) is 4.43 Å². The number of carbonyl (C=O) groups is 1. The minimum Gasteiger partial charge on any atom is -0.465 e. The first-order valence-corrected chi connectivity index (χ1v) is 14.2. The van der Waals surface area contributed by atoms with Crippen LogP contribution in [-0.2, 0) is 4.43 Å². The number of amides is 1. The average Bonchev–Trinajstić information content (AvgIpc) is 3.11. The van der Waals surface area contributed by atoms with Gasteiger partial charge < -0.3 is 9.53 Å². The highest BCUT2D eigenvalue weighted by Gasteiger charge is 2.47. The second kappa shape index (κ2) is 8.85. The number of rotatable bonds is 5. The van der Waals surface area contributed by atoms with E-state index < -0.39 is 14.4 Å². The molecule has 0 radical (unpaired) electrons. The van der Waals surface area contributed by atoms with Gasteiger partial charge >= 0.3 is 6.09 Å². The lowest BCUT2D eigenvalue weighted by Gasteiger charge is -2.42. The molecule has 1 saturated heterocycles. The first kappa shape index (κ1) is 23.0. The van der Waals surface area contributed by atoms with Crippen LogP contribution >= 0.6 is 15.9 Å². The zero-order valence-electron chi connectivity index (χ0n) is 18.4. The van der Waals surface area contributed by atoms with Crippen molar-refractivity contribution in [1.82, 2.24) is 4.90 Å². The summed E-state index contributed by atoms with van der Waals surface area (Å²) < 4.78 is 7.87. The van der Waals surface area contributed by atoms with E-state index in [1.54, 1.807) is 4.90 Å². The van der Waals surface area contributed by atoms with Gasteiger partial charge in [-0.25, -0.2) is 4.79 Å². The maximum Gasteiger partial charge on any atom is 0.408 e. The molecular weight excluding hydrogens is 458 g/mol. The van der Waals surface area contributed by atoms with Crippen molar-refractivity contribution in [3.63, 3.8) is 0 Å². The molecule has 1 fully saturated rings. The molecule has 0 bridgehead atoms. The molecule has 3 atom stereocenters. The van der Waals surface area contributed by atoms with Gasteiger partial charge in [0, 0.05) is 4.47 Å². The first-order chi connectivity index (χ1) is 14.0. The molecule has 0 aromatic heterocycles. The van der Waals surface area contributed by atoms with Gasteiger partial charge in [-0.05, 0) is 54.2 Å². The van der Waals surface area contributed by atoms with Crippen molar-refractivity contribution in [2.24, 2.45) is 0 Å². The molecule has 0 spiro atoms. The minimum atomic E-state index is -2.12. The van der Waals surface area contributed by atoms with Gasteiger partial charge in [-0.2, -0.15) is 0 Å². The molecule has 2 aromatic carbocycles. The smallest absolute Gasteiger partial charge is 0.408 e. The van der Waals surface area contributed by atoms with Crippen LogP contribution < -0.4 is 0 Å². The lowest BCUT2D eigenvalue weighted by Crippen LogP contribution is -2.47. The monoisotopic (exact) mass is 489 g/mol. The lowest BCUT2D eigenvalue weighted by atomic mass is 10.0. The summed E-state index contributed by atoms with van der Waals surface area (Å²) in [5, 5.41) is 10.2. The highest BCUT2D eigenvalue weighted by molar-refractivity contribution is 9.10. The fourth-order valence-corrected chi connectivity index (χ4v) is 5.47. The molecule has 4 nitrogen and oxygen atoms in total. The third kappa shape index (κ3) is 4.81. The Morgan fingerprint density at radius 2 is 1.70 bits per heavy atom. The molecule has 1 heterocycles. The van der Waals surface area contributed by atoms with Gasteiger partial charge in [0.2, 0.25) is 0 Å². The molecule has 2 aromatic rings. The maximum absolute atomic E-state index is 12.4. The van der Waals surface area contributed by atoms with E-state index in [9.17, 15) is 9.90 Å². The van der Waals surface area contributed by atoms with Gasteiger partial charge in [0.25, 0.3) is 0 Å². The van der Waals surface area contributed by atoms with E-state index in [2.05, 4.69) is 61.9 Å². The SMILES string of the molecule is CC(C)(C)[Si](C)(C)OC(c1ccccc1)[C@H]1CC[C@@H](c2ccc(Br)cc2)N1C(=O)O. The van der Waals surface area contributed by atoms with Crippen LogP contribution in [0.1, 0.15) is 56.9 Å². The summed E-state index contributed by atoms with van der Waals surface area (Å²) in [6.07, 6.45) is 0.415. The van der Waals surface area contributed by atoms with Gasteiger partial charge in [0.15, 0.2) is 8.32 Å². The predicted molar refractivity (Wildman–Crippen MR) is 127 cm³/mol. The van der Waals surface area contributed by atoms with Crippen molar-refractivity contribution in [2.45, 2.75) is 69.9 Å². The largest absolute Gasteiger partial charge is 0.465 e. The predicted octanol–water partition coefficient (Wildman–Crippen LogP) is 7.40. The fourth-order valence-electron chi connectivity index (χ4n) is 3.93. The van der Waals surface area contributed by atoms with Crippen molar-refractivity contribution in [2.75, 3.05) is 0 Å². The minimum absolute atomic E-state index is 0.0395. The van der Waals surface area contributed by atoms with Crippen molar-refractivity contribution >= 4 is 30.3 Å². The van der Waals surface area contributed by atoms with Crippen LogP contribution in [0.15, 0.2) is 59.1 Å². The third-order valence-electron chi connectivity index (χ3n) is 6.61. The number of halogens is 1. The molecule has 0 aliphatic carbocycles. The second-order valence-electron chi connectivity index (χ2n) is 9.61. The van der Waals surface area contributed by atoms with Crippen molar-refractivity contribution < 1.29 is 14.3 Å². The summed E-state index contributed by atoms with van der Waals surface area (Å²) >= 11 is 3.47. The molecule has 1 N–H and O–H groups in total. The molecule has 1 amide bonds. The maximum atomic E-state index is 12.4. The molecule has 1 aliphatic heterocycles. The van der Waals surface area contributed by atoms with Crippen LogP contribution in [-0.4, -0.2) is 30.5 Å². The Balaban J connectivity index is 1.99. The highest BCUT2D eigenvalue weighted by Crippen LogP contribution is 2.46. The summed E-state index contributed by atoms with van der Waals surface area (Å²) in [7, 11) is -2.12. The number of nitrogens with zero attached hydrogens (tertiary/aromatic N) is 1. The zero-order chi connectivity index (χ0) is 22.1. The Bertz CT molecular complexity index is 864.